The van der Waals surface area contributed by atoms with E-state index in [0.29, 0.717) is 6.42 Å². The molecule has 222 valence electrons. The van der Waals surface area contributed by atoms with Gasteiger partial charge in [-0.05, 0) is 42.5 Å². The monoisotopic (exact) mass is 591 g/mol. The Morgan fingerprint density at radius 2 is 1.48 bits per heavy atom. The van der Waals surface area contributed by atoms with Gasteiger partial charge in [0.25, 0.3) is 11.8 Å². The normalized spacial score (nSPS) is 15.7. The molecular formula is C31H37N5O5S. The number of carbonyl (C=O) groups is 5. The Balaban J connectivity index is 1.50. The molecular weight excluding hydrogens is 554 g/mol. The van der Waals surface area contributed by atoms with E-state index >= 15 is 0 Å². The molecule has 4 rings (SSSR count). The predicted octanol–water partition coefficient (Wildman–Crippen LogP) is 2.85. The Kier molecular flexibility index (Phi) is 9.72. The number of amides is 5. The van der Waals surface area contributed by atoms with Crippen molar-refractivity contribution in [2.75, 3.05) is 7.05 Å². The lowest BCUT2D eigenvalue weighted by Crippen LogP contribution is -2.57. The molecule has 3 aromatic rings. The number of likely N-dealkylation sites (N-methyl/N-ethyl adjacent to an activating group) is 1. The minimum atomic E-state index is -1.08. The number of carbonyl (C=O) groups excluding carboxylic acids is 5. The number of rotatable bonds is 12. The topological polar surface area (TPSA) is 140 Å². The second kappa shape index (κ2) is 13.2. The molecule has 0 aliphatic carbocycles. The number of fused-ring (bicyclic) bond motifs is 2. The Labute approximate surface area is 250 Å². The minimum Gasteiger partial charge on any atom is -0.361 e. The molecule has 1 aliphatic rings. The summed E-state index contributed by atoms with van der Waals surface area (Å²) >= 11 is 4.52. The first kappa shape index (κ1) is 30.8. The Hall–Kier alpha value is -4.12. The molecule has 0 bridgehead atoms. The van der Waals surface area contributed by atoms with Gasteiger partial charge in [-0.15, -0.1) is 0 Å². The van der Waals surface area contributed by atoms with Gasteiger partial charge < -0.3 is 20.9 Å². The highest BCUT2D eigenvalue weighted by atomic mass is 32.1. The maximum absolute atomic E-state index is 13.6. The van der Waals surface area contributed by atoms with Crippen LogP contribution in [-0.4, -0.2) is 69.8 Å². The number of hydrogen-bond donors (Lipinski definition) is 5. The molecule has 2 aromatic carbocycles. The lowest BCUT2D eigenvalue weighted by molar-refractivity contribution is -0.132. The van der Waals surface area contributed by atoms with E-state index < -0.39 is 47.0 Å². The number of aromatic amines is 1. The molecule has 4 atom stereocenters. The van der Waals surface area contributed by atoms with Crippen molar-refractivity contribution in [3.05, 3.63) is 71.4 Å². The van der Waals surface area contributed by atoms with Crippen molar-refractivity contribution in [2.45, 2.75) is 63.4 Å². The number of H-pyrrole nitrogens is 1. The molecule has 0 spiro atoms. The number of benzene rings is 2. The summed E-state index contributed by atoms with van der Waals surface area (Å²) in [5, 5.41) is 8.07. The van der Waals surface area contributed by atoms with Crippen molar-refractivity contribution < 1.29 is 24.0 Å². The molecule has 5 amide bonds. The smallest absolute Gasteiger partial charge is 0.261 e. The number of hydrogen-bond acceptors (Lipinski definition) is 6. The first-order valence-corrected chi connectivity index (χ1v) is 14.6. The van der Waals surface area contributed by atoms with Crippen molar-refractivity contribution in [1.82, 2.24) is 25.8 Å². The Morgan fingerprint density at radius 1 is 0.881 bits per heavy atom. The number of aromatic nitrogens is 1. The fraction of sp³-hybridized carbons (Fsp3) is 0.387. The van der Waals surface area contributed by atoms with E-state index in [0.717, 1.165) is 21.4 Å². The number of para-hydroxylation sites is 1. The first-order chi connectivity index (χ1) is 20.1. The summed E-state index contributed by atoms with van der Waals surface area (Å²) in [4.78, 5) is 70.2. The summed E-state index contributed by atoms with van der Waals surface area (Å²) in [7, 11) is 1.50. The van der Waals surface area contributed by atoms with Gasteiger partial charge >= 0.3 is 0 Å². The van der Waals surface area contributed by atoms with Crippen molar-refractivity contribution in [3.63, 3.8) is 0 Å². The highest BCUT2D eigenvalue weighted by molar-refractivity contribution is 7.81. The van der Waals surface area contributed by atoms with Crippen LogP contribution in [0, 0.1) is 5.92 Å². The molecule has 42 heavy (non-hydrogen) atoms. The number of imide groups is 1. The summed E-state index contributed by atoms with van der Waals surface area (Å²) in [6, 6.07) is 11.5. The summed E-state index contributed by atoms with van der Waals surface area (Å²) in [5.74, 6) is -2.39. The highest BCUT2D eigenvalue weighted by Gasteiger charge is 2.43. The van der Waals surface area contributed by atoms with Gasteiger partial charge in [0.2, 0.25) is 17.7 Å². The summed E-state index contributed by atoms with van der Waals surface area (Å²) < 4.78 is 0. The maximum atomic E-state index is 13.6. The van der Waals surface area contributed by atoms with Crippen molar-refractivity contribution in [3.8, 4) is 0 Å². The summed E-state index contributed by atoms with van der Waals surface area (Å²) in [6.07, 6.45) is 2.65. The quantitative estimate of drug-likeness (QED) is 0.163. The molecule has 0 saturated heterocycles. The van der Waals surface area contributed by atoms with E-state index in [9.17, 15) is 24.0 Å². The first-order valence-electron chi connectivity index (χ1n) is 14.1. The van der Waals surface area contributed by atoms with Crippen LogP contribution in [0.2, 0.25) is 0 Å². The zero-order valence-electron chi connectivity index (χ0n) is 24.1. The fourth-order valence-electron chi connectivity index (χ4n) is 5.37. The van der Waals surface area contributed by atoms with Crippen molar-refractivity contribution >= 4 is 53.1 Å². The minimum absolute atomic E-state index is 0.0321. The van der Waals surface area contributed by atoms with E-state index in [4.69, 9.17) is 0 Å². The molecule has 10 nitrogen and oxygen atoms in total. The van der Waals surface area contributed by atoms with Gasteiger partial charge in [-0.2, -0.15) is 12.6 Å². The Morgan fingerprint density at radius 3 is 2.07 bits per heavy atom. The second-order valence-electron chi connectivity index (χ2n) is 10.9. The third-order valence-electron chi connectivity index (χ3n) is 7.53. The van der Waals surface area contributed by atoms with Crippen LogP contribution >= 0.6 is 12.6 Å². The molecule has 11 heteroatoms. The summed E-state index contributed by atoms with van der Waals surface area (Å²) in [6.45, 7) is 5.60. The van der Waals surface area contributed by atoms with Crippen LogP contribution in [0.25, 0.3) is 10.9 Å². The van der Waals surface area contributed by atoms with Crippen LogP contribution < -0.4 is 16.0 Å². The van der Waals surface area contributed by atoms with Gasteiger partial charge in [-0.25, -0.2) is 0 Å². The molecule has 0 fully saturated rings. The standard InChI is InChI=1S/C31H37N5O5S/c1-5-25(36-30(40)20-11-6-7-12-21(20)31(36)41)26(42)29(39)35-23(14-17(2)3)28(38)34-24(27(37)32-4)15-18-16-33-22-13-9-8-10-19(18)22/h6-13,16-17,23-26,33,42H,5,14-15H2,1-4H3,(H,32,37)(H,34,38)(H,35,39)/t23-,24-,25?,26?/m0/s1. The van der Waals surface area contributed by atoms with Crippen LogP contribution in [0.4, 0.5) is 0 Å². The van der Waals surface area contributed by atoms with Gasteiger partial charge in [0.15, 0.2) is 0 Å². The van der Waals surface area contributed by atoms with Crippen LogP contribution in [-0.2, 0) is 20.8 Å². The lowest BCUT2D eigenvalue weighted by Gasteiger charge is -2.31. The number of nitrogens with one attached hydrogen (secondary N) is 4. The molecule has 2 heterocycles. The average molecular weight is 592 g/mol. The molecule has 0 saturated carbocycles. The third kappa shape index (κ3) is 6.35. The third-order valence-corrected chi connectivity index (χ3v) is 8.11. The van der Waals surface area contributed by atoms with Gasteiger partial charge in [0.05, 0.1) is 17.2 Å². The van der Waals surface area contributed by atoms with Gasteiger partial charge in [-0.3, -0.25) is 28.9 Å². The lowest BCUT2D eigenvalue weighted by atomic mass is 10.00. The largest absolute Gasteiger partial charge is 0.361 e. The SMILES string of the molecule is CCC(C(S)C(=O)N[C@@H](CC(C)C)C(=O)N[C@@H](Cc1c[nH]c2ccccc12)C(=O)NC)N1C(=O)c2ccccc2C1=O. The molecule has 0 radical (unpaired) electrons. The van der Waals surface area contributed by atoms with Gasteiger partial charge in [-0.1, -0.05) is 51.1 Å². The highest BCUT2D eigenvalue weighted by Crippen LogP contribution is 2.28. The summed E-state index contributed by atoms with van der Waals surface area (Å²) in [5.41, 5.74) is 2.36. The van der Waals surface area contributed by atoms with Crippen molar-refractivity contribution in [1.29, 1.82) is 0 Å². The maximum Gasteiger partial charge on any atom is 0.261 e. The molecule has 4 N–H and O–H groups in total. The van der Waals surface area contributed by atoms with E-state index in [-0.39, 0.29) is 35.8 Å². The number of thiol groups is 1. The fourth-order valence-corrected chi connectivity index (χ4v) is 5.79. The van der Waals surface area contributed by atoms with Crippen LogP contribution in [0.5, 0.6) is 0 Å². The van der Waals surface area contributed by atoms with E-state index in [2.05, 4.69) is 33.6 Å². The molecule has 1 aliphatic heterocycles. The number of nitrogens with zero attached hydrogens (tertiary/aromatic N) is 1. The van der Waals surface area contributed by atoms with E-state index in [1.807, 2.05) is 44.3 Å². The average Bonchev–Trinajstić information content (AvgIpc) is 3.50. The van der Waals surface area contributed by atoms with E-state index in [1.54, 1.807) is 31.2 Å². The van der Waals surface area contributed by atoms with E-state index in [1.165, 1.54) is 7.05 Å². The molecule has 2 unspecified atom stereocenters. The predicted molar refractivity (Wildman–Crippen MR) is 163 cm³/mol. The van der Waals surface area contributed by atoms with Gasteiger partial charge in [0, 0.05) is 30.6 Å². The second-order valence-corrected chi connectivity index (χ2v) is 11.4. The van der Waals surface area contributed by atoms with Crippen LogP contribution in [0.15, 0.2) is 54.7 Å². The van der Waals surface area contributed by atoms with Crippen molar-refractivity contribution in [2.24, 2.45) is 5.92 Å². The van der Waals surface area contributed by atoms with Gasteiger partial charge in [0.1, 0.15) is 17.3 Å². The molecule has 1 aromatic heterocycles. The van der Waals surface area contributed by atoms with Crippen LogP contribution in [0.1, 0.15) is 59.9 Å². The zero-order valence-corrected chi connectivity index (χ0v) is 25.0. The zero-order chi connectivity index (χ0) is 30.6. The Bertz CT molecular complexity index is 1470. The van der Waals surface area contributed by atoms with Crippen LogP contribution in [0.3, 0.4) is 0 Å².